The Hall–Kier alpha value is -2.50. The van der Waals surface area contributed by atoms with Gasteiger partial charge in [0.15, 0.2) is 5.78 Å². The number of imide groups is 1. The number of ketones is 1. The first-order valence-electron chi connectivity index (χ1n) is 8.29. The molecule has 6 heteroatoms. The van der Waals surface area contributed by atoms with Crippen molar-refractivity contribution in [2.24, 2.45) is 0 Å². The fourth-order valence-electron chi connectivity index (χ4n) is 3.11. The maximum atomic E-state index is 12.8. The number of carbonyl (C=O) groups excluding carboxylic acids is 3. The minimum atomic E-state index is -0.519. The largest absolute Gasteiger partial charge is 0.295 e. The van der Waals surface area contributed by atoms with Crippen LogP contribution in [-0.2, 0) is 16.1 Å². The molecule has 5 nitrogen and oxygen atoms in total. The van der Waals surface area contributed by atoms with E-state index in [-0.39, 0.29) is 24.0 Å². The van der Waals surface area contributed by atoms with Crippen LogP contribution >= 0.6 is 11.6 Å². The van der Waals surface area contributed by atoms with Gasteiger partial charge < -0.3 is 0 Å². The summed E-state index contributed by atoms with van der Waals surface area (Å²) < 4.78 is 0. The number of hydrogen-bond donors (Lipinski definition) is 0. The van der Waals surface area contributed by atoms with Crippen molar-refractivity contribution in [2.75, 3.05) is 11.9 Å². The fraction of sp³-hybridized carbons (Fsp3) is 0.250. The van der Waals surface area contributed by atoms with E-state index in [2.05, 4.69) is 0 Å². The number of Topliss-reactive ketones (excluding diaryl/α,β-unsaturated/α-hetero) is 1. The third-order valence-electron chi connectivity index (χ3n) is 4.51. The number of benzene rings is 2. The van der Waals surface area contributed by atoms with Gasteiger partial charge >= 0.3 is 0 Å². The van der Waals surface area contributed by atoms with E-state index in [9.17, 15) is 14.4 Å². The van der Waals surface area contributed by atoms with E-state index in [1.807, 2.05) is 30.1 Å². The molecule has 134 valence electrons. The molecule has 2 amide bonds. The molecule has 3 rings (SSSR count). The Morgan fingerprint density at radius 1 is 1.19 bits per heavy atom. The monoisotopic (exact) mass is 370 g/mol. The van der Waals surface area contributed by atoms with Crippen LogP contribution in [0.4, 0.5) is 5.69 Å². The molecule has 0 unspecified atom stereocenters. The number of nitrogens with zero attached hydrogens (tertiary/aromatic N) is 2. The molecule has 26 heavy (non-hydrogen) atoms. The zero-order valence-electron chi connectivity index (χ0n) is 14.6. The maximum absolute atomic E-state index is 12.8. The average Bonchev–Trinajstić information content (AvgIpc) is 2.89. The van der Waals surface area contributed by atoms with E-state index < -0.39 is 6.04 Å². The molecule has 2 aromatic rings. The van der Waals surface area contributed by atoms with Crippen LogP contribution in [0.25, 0.3) is 0 Å². The summed E-state index contributed by atoms with van der Waals surface area (Å²) in [6, 6.07) is 13.4. The van der Waals surface area contributed by atoms with Gasteiger partial charge in [-0.25, -0.2) is 4.90 Å². The lowest BCUT2D eigenvalue weighted by molar-refractivity contribution is -0.122. The predicted octanol–water partition coefficient (Wildman–Crippen LogP) is 3.31. The molecule has 1 saturated heterocycles. The zero-order chi connectivity index (χ0) is 18.8. The molecule has 1 aliphatic heterocycles. The highest BCUT2D eigenvalue weighted by Gasteiger charge is 2.41. The highest BCUT2D eigenvalue weighted by atomic mass is 35.5. The number of likely N-dealkylation sites (N-methyl/N-ethyl adjacent to an activating group) is 1. The van der Waals surface area contributed by atoms with Crippen LogP contribution < -0.4 is 4.90 Å². The van der Waals surface area contributed by atoms with Crippen molar-refractivity contribution < 1.29 is 14.4 Å². The lowest BCUT2D eigenvalue weighted by atomic mass is 10.1. The number of halogens is 1. The topological polar surface area (TPSA) is 57.7 Å². The van der Waals surface area contributed by atoms with Gasteiger partial charge in [0.05, 0.1) is 18.2 Å². The summed E-state index contributed by atoms with van der Waals surface area (Å²) in [5, 5.41) is 0.636. The summed E-state index contributed by atoms with van der Waals surface area (Å²) in [6.07, 6.45) is 0.129. The van der Waals surface area contributed by atoms with Gasteiger partial charge in [0.1, 0.15) is 0 Å². The molecule has 1 atom stereocenters. The Balaban J connectivity index is 1.76. The smallest absolute Gasteiger partial charge is 0.251 e. The molecule has 0 aromatic heterocycles. The van der Waals surface area contributed by atoms with Crippen LogP contribution in [0.1, 0.15) is 29.3 Å². The van der Waals surface area contributed by atoms with Gasteiger partial charge in [0, 0.05) is 17.1 Å². The first kappa shape index (κ1) is 18.3. The second-order valence-corrected chi connectivity index (χ2v) is 6.87. The van der Waals surface area contributed by atoms with E-state index in [0.717, 1.165) is 5.56 Å². The average molecular weight is 371 g/mol. The van der Waals surface area contributed by atoms with E-state index >= 15 is 0 Å². The van der Waals surface area contributed by atoms with Crippen LogP contribution in [0.3, 0.4) is 0 Å². The Morgan fingerprint density at radius 2 is 1.88 bits per heavy atom. The summed E-state index contributed by atoms with van der Waals surface area (Å²) in [5.41, 5.74) is 2.01. The first-order valence-corrected chi connectivity index (χ1v) is 8.67. The van der Waals surface area contributed by atoms with E-state index in [4.69, 9.17) is 11.6 Å². The Labute approximate surface area is 157 Å². The van der Waals surface area contributed by atoms with Gasteiger partial charge in [-0.05, 0) is 55.9 Å². The van der Waals surface area contributed by atoms with Crippen molar-refractivity contribution in [3.63, 3.8) is 0 Å². The van der Waals surface area contributed by atoms with Gasteiger partial charge in [-0.2, -0.15) is 0 Å². The number of hydrogen-bond acceptors (Lipinski definition) is 4. The molecular formula is C20H19ClN2O3. The first-order chi connectivity index (χ1) is 12.4. The Kier molecular flexibility index (Phi) is 5.20. The van der Waals surface area contributed by atoms with Gasteiger partial charge in [0.2, 0.25) is 5.91 Å². The maximum Gasteiger partial charge on any atom is 0.251 e. The molecule has 1 aliphatic rings. The SMILES string of the molecule is CC(=O)c1ccc(N2C(=O)C[C@@H](N(C)Cc3cccc(Cl)c3)C2=O)cc1. The number of rotatable bonds is 5. The molecule has 0 radical (unpaired) electrons. The van der Waals surface area contributed by atoms with Crippen molar-refractivity contribution >= 4 is 34.9 Å². The molecule has 0 N–H and O–H groups in total. The summed E-state index contributed by atoms with van der Waals surface area (Å²) in [7, 11) is 1.82. The van der Waals surface area contributed by atoms with Crippen molar-refractivity contribution in [3.05, 3.63) is 64.7 Å². The van der Waals surface area contributed by atoms with Crippen molar-refractivity contribution in [3.8, 4) is 0 Å². The number of anilines is 1. The minimum Gasteiger partial charge on any atom is -0.295 e. The fourth-order valence-corrected chi connectivity index (χ4v) is 3.32. The summed E-state index contributed by atoms with van der Waals surface area (Å²) >= 11 is 6.01. The standard InChI is InChI=1S/C20H19ClN2O3/c1-13(24)15-6-8-17(9-7-15)23-19(25)11-18(20(23)26)22(2)12-14-4-3-5-16(21)10-14/h3-10,18H,11-12H2,1-2H3/t18-/m1/s1. The van der Waals surface area contributed by atoms with Gasteiger partial charge in [-0.1, -0.05) is 23.7 Å². The summed E-state index contributed by atoms with van der Waals surface area (Å²) in [5.74, 6) is -0.557. The molecule has 0 bridgehead atoms. The number of carbonyl (C=O) groups is 3. The third-order valence-corrected chi connectivity index (χ3v) is 4.74. The van der Waals surface area contributed by atoms with Crippen LogP contribution in [0.15, 0.2) is 48.5 Å². The second-order valence-electron chi connectivity index (χ2n) is 6.44. The zero-order valence-corrected chi connectivity index (χ0v) is 15.4. The van der Waals surface area contributed by atoms with Crippen molar-refractivity contribution in [2.45, 2.75) is 25.9 Å². The van der Waals surface area contributed by atoms with Crippen molar-refractivity contribution in [1.29, 1.82) is 0 Å². The highest BCUT2D eigenvalue weighted by Crippen LogP contribution is 2.26. The van der Waals surface area contributed by atoms with Crippen LogP contribution in [0, 0.1) is 0 Å². The van der Waals surface area contributed by atoms with Crippen molar-refractivity contribution in [1.82, 2.24) is 4.90 Å². The predicted molar refractivity (Wildman–Crippen MR) is 100 cm³/mol. The second kappa shape index (κ2) is 7.40. The van der Waals surface area contributed by atoms with E-state index in [1.165, 1.54) is 11.8 Å². The molecular weight excluding hydrogens is 352 g/mol. The van der Waals surface area contributed by atoms with Crippen LogP contribution in [0.2, 0.25) is 5.02 Å². The van der Waals surface area contributed by atoms with Gasteiger partial charge in [-0.3, -0.25) is 19.3 Å². The lowest BCUT2D eigenvalue weighted by Crippen LogP contribution is -2.39. The third kappa shape index (κ3) is 3.69. The highest BCUT2D eigenvalue weighted by molar-refractivity contribution is 6.30. The molecule has 0 aliphatic carbocycles. The minimum absolute atomic E-state index is 0.0604. The Morgan fingerprint density at radius 3 is 2.50 bits per heavy atom. The molecule has 2 aromatic carbocycles. The molecule has 0 saturated carbocycles. The molecule has 1 heterocycles. The Bertz CT molecular complexity index is 864. The van der Waals surface area contributed by atoms with Crippen LogP contribution in [0.5, 0.6) is 0 Å². The molecule has 0 spiro atoms. The normalized spacial score (nSPS) is 17.2. The summed E-state index contributed by atoms with van der Waals surface area (Å²) in [6.45, 7) is 1.99. The molecule has 1 fully saturated rings. The quantitative estimate of drug-likeness (QED) is 0.598. The van der Waals surface area contributed by atoms with E-state index in [1.54, 1.807) is 30.3 Å². The number of amides is 2. The lowest BCUT2D eigenvalue weighted by Gasteiger charge is -2.23. The van der Waals surface area contributed by atoms with Gasteiger partial charge in [-0.15, -0.1) is 0 Å². The summed E-state index contributed by atoms with van der Waals surface area (Å²) in [4.78, 5) is 39.7. The van der Waals surface area contributed by atoms with Crippen LogP contribution in [-0.4, -0.2) is 35.6 Å². The van der Waals surface area contributed by atoms with E-state index in [0.29, 0.717) is 22.8 Å². The van der Waals surface area contributed by atoms with Gasteiger partial charge in [0.25, 0.3) is 5.91 Å².